The molecule has 4 aromatic rings. The Morgan fingerprint density at radius 1 is 0.568 bits per heavy atom. The molecule has 0 amide bonds. The van der Waals surface area contributed by atoms with Crippen molar-refractivity contribution in [3.05, 3.63) is 120 Å². The van der Waals surface area contributed by atoms with E-state index in [9.17, 15) is 0 Å². The van der Waals surface area contributed by atoms with Crippen LogP contribution in [0.25, 0.3) is 0 Å². The van der Waals surface area contributed by atoms with Gasteiger partial charge in [0.15, 0.2) is 0 Å². The molecule has 0 atom stereocenters. The van der Waals surface area contributed by atoms with E-state index in [0.29, 0.717) is 13.2 Å². The van der Waals surface area contributed by atoms with Crippen LogP contribution in [0, 0.1) is 0 Å². The average molecular weight is 495 g/mol. The molecule has 2 aromatic carbocycles. The summed E-state index contributed by atoms with van der Waals surface area (Å²) in [6.45, 7) is 6.32. The predicted octanol–water partition coefficient (Wildman–Crippen LogP) is 5.34. The normalized spacial score (nSPS) is 15.8. The van der Waals surface area contributed by atoms with E-state index in [-0.39, 0.29) is 0 Å². The molecule has 0 saturated carbocycles. The van der Waals surface area contributed by atoms with Gasteiger partial charge in [0.25, 0.3) is 0 Å². The zero-order valence-corrected chi connectivity index (χ0v) is 21.2. The number of hydrogen-bond acceptors (Lipinski definition) is 6. The molecule has 37 heavy (non-hydrogen) atoms. The molecular formula is C31H34N4O2. The van der Waals surface area contributed by atoms with E-state index in [2.05, 4.69) is 80.4 Å². The highest BCUT2D eigenvalue weighted by atomic mass is 16.5. The first kappa shape index (κ1) is 24.9. The number of rotatable bonds is 4. The average Bonchev–Trinajstić information content (AvgIpc) is 2.94. The summed E-state index contributed by atoms with van der Waals surface area (Å²) >= 11 is 0. The second-order valence-electron chi connectivity index (χ2n) is 9.40. The molecule has 0 saturated heterocycles. The maximum absolute atomic E-state index is 6.20. The van der Waals surface area contributed by atoms with Crippen LogP contribution in [0.15, 0.2) is 97.6 Å². The van der Waals surface area contributed by atoms with E-state index < -0.39 is 0 Å². The van der Waals surface area contributed by atoms with Crippen LogP contribution in [0.1, 0.15) is 28.7 Å². The second-order valence-corrected chi connectivity index (χ2v) is 9.40. The van der Waals surface area contributed by atoms with Gasteiger partial charge in [-0.3, -0.25) is 19.8 Å². The third kappa shape index (κ3) is 7.38. The summed E-state index contributed by atoms with van der Waals surface area (Å²) in [4.78, 5) is 13.4. The first-order chi connectivity index (χ1) is 18.3. The van der Waals surface area contributed by atoms with Crippen molar-refractivity contribution < 1.29 is 9.47 Å². The topological polar surface area (TPSA) is 50.7 Å². The molecule has 0 unspecified atom stereocenters. The summed E-state index contributed by atoms with van der Waals surface area (Å²) in [6.07, 6.45) is 8.52. The van der Waals surface area contributed by atoms with Crippen LogP contribution < -0.4 is 9.47 Å². The lowest BCUT2D eigenvalue weighted by molar-refractivity contribution is 0.205. The molecule has 0 spiro atoms. The van der Waals surface area contributed by atoms with E-state index in [0.717, 1.165) is 57.2 Å². The maximum Gasteiger partial charge on any atom is 0.123 e. The maximum atomic E-state index is 6.20. The van der Waals surface area contributed by atoms with Gasteiger partial charge in [0.05, 0.1) is 0 Å². The molecule has 0 bridgehead atoms. The monoisotopic (exact) mass is 494 g/mol. The second kappa shape index (κ2) is 13.0. The van der Waals surface area contributed by atoms with Crippen molar-refractivity contribution in [3.8, 4) is 11.5 Å². The van der Waals surface area contributed by atoms with Crippen LogP contribution in [-0.4, -0.2) is 46.1 Å². The third-order valence-electron chi connectivity index (χ3n) is 6.59. The SMILES string of the molecule is c1ccc2c(c1)CN(Cc1ccncc1)CCCN(Cc1ccncc1)Cc1ccccc1OCCO2. The Balaban J connectivity index is 1.40. The van der Waals surface area contributed by atoms with Gasteiger partial charge in [-0.15, -0.1) is 0 Å². The van der Waals surface area contributed by atoms with Gasteiger partial charge >= 0.3 is 0 Å². The lowest BCUT2D eigenvalue weighted by atomic mass is 10.1. The lowest BCUT2D eigenvalue weighted by Gasteiger charge is -2.27. The van der Waals surface area contributed by atoms with Crippen molar-refractivity contribution in [1.29, 1.82) is 0 Å². The van der Waals surface area contributed by atoms with E-state index in [1.165, 1.54) is 22.3 Å². The number of fused-ring (bicyclic) bond motifs is 2. The Labute approximate surface area is 219 Å². The van der Waals surface area contributed by atoms with Crippen molar-refractivity contribution in [1.82, 2.24) is 19.8 Å². The lowest BCUT2D eigenvalue weighted by Crippen LogP contribution is -2.29. The number of hydrogen-bond donors (Lipinski definition) is 0. The minimum atomic E-state index is 0.496. The molecule has 0 aliphatic carbocycles. The molecule has 190 valence electrons. The van der Waals surface area contributed by atoms with Crippen molar-refractivity contribution in [2.75, 3.05) is 26.3 Å². The largest absolute Gasteiger partial charge is 0.490 e. The van der Waals surface area contributed by atoms with Crippen molar-refractivity contribution in [2.45, 2.75) is 32.6 Å². The van der Waals surface area contributed by atoms with Gasteiger partial charge in [0.2, 0.25) is 0 Å². The first-order valence-corrected chi connectivity index (χ1v) is 13.0. The Bertz CT molecular complexity index is 1140. The molecule has 1 aliphatic rings. The van der Waals surface area contributed by atoms with Crippen LogP contribution in [0.5, 0.6) is 11.5 Å². The summed E-state index contributed by atoms with van der Waals surface area (Å²) < 4.78 is 12.4. The van der Waals surface area contributed by atoms with Gasteiger partial charge in [-0.25, -0.2) is 0 Å². The highest BCUT2D eigenvalue weighted by Gasteiger charge is 2.15. The van der Waals surface area contributed by atoms with E-state index in [4.69, 9.17) is 9.47 Å². The molecule has 0 radical (unpaired) electrons. The summed E-state index contributed by atoms with van der Waals surface area (Å²) in [5, 5.41) is 0. The Kier molecular flexibility index (Phi) is 8.75. The fraction of sp³-hybridized carbons (Fsp3) is 0.290. The van der Waals surface area contributed by atoms with E-state index in [1.807, 2.05) is 36.9 Å². The van der Waals surface area contributed by atoms with Crippen LogP contribution in [-0.2, 0) is 26.2 Å². The smallest absolute Gasteiger partial charge is 0.123 e. The predicted molar refractivity (Wildman–Crippen MR) is 145 cm³/mol. The number of benzene rings is 2. The molecule has 3 heterocycles. The van der Waals surface area contributed by atoms with Crippen molar-refractivity contribution >= 4 is 0 Å². The number of pyridine rings is 2. The zero-order chi connectivity index (χ0) is 25.1. The molecule has 2 aromatic heterocycles. The van der Waals surface area contributed by atoms with Gasteiger partial charge in [-0.1, -0.05) is 36.4 Å². The van der Waals surface area contributed by atoms with Crippen LogP contribution >= 0.6 is 0 Å². The highest BCUT2D eigenvalue weighted by Crippen LogP contribution is 2.24. The summed E-state index contributed by atoms with van der Waals surface area (Å²) in [5.41, 5.74) is 4.92. The number of para-hydroxylation sites is 2. The molecule has 0 fully saturated rings. The minimum Gasteiger partial charge on any atom is -0.490 e. The summed E-state index contributed by atoms with van der Waals surface area (Å²) in [5.74, 6) is 1.85. The zero-order valence-electron chi connectivity index (χ0n) is 21.2. The fourth-order valence-electron chi connectivity index (χ4n) is 4.77. The molecule has 6 nitrogen and oxygen atoms in total. The Morgan fingerprint density at radius 3 is 1.46 bits per heavy atom. The first-order valence-electron chi connectivity index (χ1n) is 13.0. The molecular weight excluding hydrogens is 460 g/mol. The molecule has 0 N–H and O–H groups in total. The van der Waals surface area contributed by atoms with Gasteiger partial charge in [-0.05, 0) is 53.9 Å². The quantitative estimate of drug-likeness (QED) is 0.382. The third-order valence-corrected chi connectivity index (χ3v) is 6.59. The Hall–Kier alpha value is -3.74. The molecule has 5 rings (SSSR count). The summed E-state index contributed by atoms with van der Waals surface area (Å²) in [7, 11) is 0. The summed E-state index contributed by atoms with van der Waals surface area (Å²) in [6, 6.07) is 25.1. The highest BCUT2D eigenvalue weighted by molar-refractivity contribution is 5.34. The van der Waals surface area contributed by atoms with Gasteiger partial charge < -0.3 is 9.47 Å². The van der Waals surface area contributed by atoms with Crippen molar-refractivity contribution in [2.24, 2.45) is 0 Å². The van der Waals surface area contributed by atoms with Crippen molar-refractivity contribution in [3.63, 3.8) is 0 Å². The van der Waals surface area contributed by atoms with E-state index >= 15 is 0 Å². The van der Waals surface area contributed by atoms with Gasteiger partial charge in [0.1, 0.15) is 24.7 Å². The fourth-order valence-corrected chi connectivity index (χ4v) is 4.77. The van der Waals surface area contributed by atoms with Gasteiger partial charge in [-0.2, -0.15) is 0 Å². The number of ether oxygens (including phenoxy) is 2. The van der Waals surface area contributed by atoms with Crippen LogP contribution in [0.2, 0.25) is 0 Å². The molecule has 6 heteroatoms. The minimum absolute atomic E-state index is 0.496. The number of nitrogens with zero attached hydrogens (tertiary/aromatic N) is 4. The van der Waals surface area contributed by atoms with Gasteiger partial charge in [0, 0.05) is 75.2 Å². The van der Waals surface area contributed by atoms with E-state index in [1.54, 1.807) is 0 Å². The molecule has 1 aliphatic heterocycles. The Morgan fingerprint density at radius 2 is 1.00 bits per heavy atom. The van der Waals surface area contributed by atoms with Crippen LogP contribution in [0.4, 0.5) is 0 Å². The standard InChI is InChI=1S/C31H34N4O2/c1-3-8-30-28(6-1)24-34(22-26-10-14-32-15-11-26)18-5-19-35(23-27-12-16-33-17-13-27)25-29-7-2-4-9-31(29)37-21-20-36-30/h1-4,6-17H,5,18-25H2. The number of aromatic nitrogens is 2. The van der Waals surface area contributed by atoms with Crippen LogP contribution in [0.3, 0.4) is 0 Å².